The minimum absolute atomic E-state index is 0.188. The number of hydrogen-bond acceptors (Lipinski definition) is 6. The molecule has 0 atom stereocenters. The van der Waals surface area contributed by atoms with E-state index in [1.54, 1.807) is 0 Å². The number of nitrogens with zero attached hydrogens (tertiary/aromatic N) is 3. The van der Waals surface area contributed by atoms with Gasteiger partial charge >= 0.3 is 5.97 Å². The molecule has 8 heteroatoms. The van der Waals surface area contributed by atoms with Gasteiger partial charge in [-0.15, -0.1) is 0 Å². The van der Waals surface area contributed by atoms with E-state index in [2.05, 4.69) is 46.2 Å². The summed E-state index contributed by atoms with van der Waals surface area (Å²) >= 11 is 0. The number of carbonyl (C=O) groups is 1. The molecular weight excluding hydrogens is 449 g/mol. The molecule has 0 saturated carbocycles. The summed E-state index contributed by atoms with van der Waals surface area (Å²) in [6.07, 6.45) is 0. The predicted molar refractivity (Wildman–Crippen MR) is 128 cm³/mol. The van der Waals surface area contributed by atoms with Gasteiger partial charge < -0.3 is 14.4 Å². The van der Waals surface area contributed by atoms with Crippen LogP contribution in [0.3, 0.4) is 0 Å². The molecule has 0 aliphatic carbocycles. The first-order valence-electron chi connectivity index (χ1n) is 11.4. The summed E-state index contributed by atoms with van der Waals surface area (Å²) in [4.78, 5) is 17.9. The summed E-state index contributed by atoms with van der Waals surface area (Å²) in [5, 5.41) is 13.0. The second kappa shape index (κ2) is 9.77. The number of halogens is 1. The highest BCUT2D eigenvalue weighted by molar-refractivity contribution is 5.88. The molecule has 2 heterocycles. The first-order valence-corrected chi connectivity index (χ1v) is 11.4. The van der Waals surface area contributed by atoms with Crippen LogP contribution < -0.4 is 0 Å². The predicted octanol–water partition coefficient (Wildman–Crippen LogP) is 5.05. The van der Waals surface area contributed by atoms with Gasteiger partial charge in [0.25, 0.3) is 5.89 Å². The van der Waals surface area contributed by atoms with Crippen LogP contribution in [0.1, 0.15) is 21.5 Å². The lowest BCUT2D eigenvalue weighted by Crippen LogP contribution is -2.35. The summed E-state index contributed by atoms with van der Waals surface area (Å²) in [7, 11) is 0. The summed E-state index contributed by atoms with van der Waals surface area (Å²) in [5.41, 5.74) is 5.33. The van der Waals surface area contributed by atoms with Gasteiger partial charge in [-0.05, 0) is 59.5 Å². The van der Waals surface area contributed by atoms with Gasteiger partial charge in [0.1, 0.15) is 5.82 Å². The van der Waals surface area contributed by atoms with Gasteiger partial charge in [-0.25, -0.2) is 9.18 Å². The highest BCUT2D eigenvalue weighted by Crippen LogP contribution is 2.32. The number of carboxylic acid groups (broad SMARTS) is 1. The zero-order valence-electron chi connectivity index (χ0n) is 19.2. The van der Waals surface area contributed by atoms with Crippen LogP contribution >= 0.6 is 0 Å². The van der Waals surface area contributed by atoms with Crippen molar-refractivity contribution in [3.05, 3.63) is 83.2 Å². The summed E-state index contributed by atoms with van der Waals surface area (Å²) < 4.78 is 25.2. The molecule has 178 valence electrons. The number of rotatable bonds is 6. The molecule has 4 aromatic rings. The van der Waals surface area contributed by atoms with Gasteiger partial charge in [-0.1, -0.05) is 35.5 Å². The number of aromatic carboxylic acids is 1. The second-order valence-corrected chi connectivity index (χ2v) is 8.50. The molecule has 1 fully saturated rings. The Labute approximate surface area is 201 Å². The maximum Gasteiger partial charge on any atom is 0.338 e. The number of morpholine rings is 1. The van der Waals surface area contributed by atoms with Crippen molar-refractivity contribution < 1.29 is 23.6 Å². The van der Waals surface area contributed by atoms with Crippen LogP contribution in [0.25, 0.3) is 34.0 Å². The number of ether oxygens (including phenoxy) is 1. The van der Waals surface area contributed by atoms with E-state index in [1.807, 2.05) is 18.2 Å². The minimum Gasteiger partial charge on any atom is -0.478 e. The van der Waals surface area contributed by atoms with E-state index in [1.165, 1.54) is 23.3 Å². The topological polar surface area (TPSA) is 88.7 Å². The highest BCUT2D eigenvalue weighted by Gasteiger charge is 2.19. The van der Waals surface area contributed by atoms with Crippen molar-refractivity contribution in [1.82, 2.24) is 15.0 Å². The van der Waals surface area contributed by atoms with Crippen LogP contribution in [-0.4, -0.2) is 52.4 Å². The van der Waals surface area contributed by atoms with Crippen molar-refractivity contribution in [1.29, 1.82) is 0 Å². The number of aryl methyl sites for hydroxylation is 1. The van der Waals surface area contributed by atoms with Gasteiger partial charge in [-0.3, -0.25) is 4.90 Å². The smallest absolute Gasteiger partial charge is 0.338 e. The van der Waals surface area contributed by atoms with Crippen LogP contribution in [-0.2, 0) is 11.3 Å². The molecule has 35 heavy (non-hydrogen) atoms. The Morgan fingerprint density at radius 1 is 1.03 bits per heavy atom. The molecule has 0 bridgehead atoms. The van der Waals surface area contributed by atoms with E-state index in [9.17, 15) is 9.18 Å². The van der Waals surface area contributed by atoms with Gasteiger partial charge in [-0.2, -0.15) is 4.98 Å². The SMILES string of the molecule is Cc1ccccc1-c1ccc(-c2nc(-c3ccc(C(=O)O)c(F)c3)no2)cc1CN1CCOCC1. The summed E-state index contributed by atoms with van der Waals surface area (Å²) in [6.45, 7) is 6.00. The van der Waals surface area contributed by atoms with Crippen LogP contribution in [0.15, 0.2) is 65.2 Å². The third-order valence-electron chi connectivity index (χ3n) is 6.17. The van der Waals surface area contributed by atoms with Crippen molar-refractivity contribution in [2.75, 3.05) is 26.3 Å². The van der Waals surface area contributed by atoms with Crippen LogP contribution in [0.2, 0.25) is 0 Å². The van der Waals surface area contributed by atoms with E-state index in [-0.39, 0.29) is 5.82 Å². The van der Waals surface area contributed by atoms with E-state index >= 15 is 0 Å². The summed E-state index contributed by atoms with van der Waals surface area (Å²) in [5.74, 6) is -1.68. The normalized spacial score (nSPS) is 14.2. The molecule has 1 saturated heterocycles. The molecule has 1 aliphatic heterocycles. The minimum atomic E-state index is -1.33. The number of hydrogen-bond donors (Lipinski definition) is 1. The highest BCUT2D eigenvalue weighted by atomic mass is 19.1. The van der Waals surface area contributed by atoms with Crippen molar-refractivity contribution in [3.63, 3.8) is 0 Å². The van der Waals surface area contributed by atoms with Gasteiger partial charge in [0, 0.05) is 30.8 Å². The van der Waals surface area contributed by atoms with Crippen molar-refractivity contribution in [2.45, 2.75) is 13.5 Å². The van der Waals surface area contributed by atoms with Crippen molar-refractivity contribution in [2.24, 2.45) is 0 Å². The molecule has 0 amide bonds. The third-order valence-corrected chi connectivity index (χ3v) is 6.17. The number of carboxylic acids is 1. The lowest BCUT2D eigenvalue weighted by Gasteiger charge is -2.27. The Morgan fingerprint density at radius 2 is 1.80 bits per heavy atom. The Bertz CT molecular complexity index is 1380. The summed E-state index contributed by atoms with van der Waals surface area (Å²) in [6, 6.07) is 18.1. The maximum atomic E-state index is 14.1. The van der Waals surface area contributed by atoms with Crippen LogP contribution in [0.4, 0.5) is 4.39 Å². The fourth-order valence-corrected chi connectivity index (χ4v) is 4.28. The number of aromatic nitrogens is 2. The molecule has 0 spiro atoms. The number of benzene rings is 3. The first kappa shape index (κ1) is 22.9. The molecule has 1 N–H and O–H groups in total. The monoisotopic (exact) mass is 473 g/mol. The molecule has 5 rings (SSSR count). The Kier molecular flexibility index (Phi) is 6.39. The van der Waals surface area contributed by atoms with Crippen molar-refractivity contribution in [3.8, 4) is 34.0 Å². The van der Waals surface area contributed by atoms with E-state index < -0.39 is 17.3 Å². The molecule has 1 aromatic heterocycles. The van der Waals surface area contributed by atoms with E-state index in [0.717, 1.165) is 42.4 Å². The standard InChI is InChI=1S/C27H24FN3O4/c1-17-4-2-3-5-21(17)22-8-7-19(14-20(22)16-31-10-12-34-13-11-31)26-29-25(30-35-26)18-6-9-23(27(32)33)24(28)15-18/h2-9,14-15H,10-13,16H2,1H3,(H,32,33). The Morgan fingerprint density at radius 3 is 2.54 bits per heavy atom. The average Bonchev–Trinajstić information content (AvgIpc) is 3.35. The zero-order valence-corrected chi connectivity index (χ0v) is 19.2. The van der Waals surface area contributed by atoms with Gasteiger partial charge in [0.2, 0.25) is 5.82 Å². The van der Waals surface area contributed by atoms with Crippen molar-refractivity contribution >= 4 is 5.97 Å². The quantitative estimate of drug-likeness (QED) is 0.419. The molecule has 3 aromatic carbocycles. The van der Waals surface area contributed by atoms with E-state index in [4.69, 9.17) is 14.4 Å². The Balaban J connectivity index is 1.50. The van der Waals surface area contributed by atoms with Gasteiger partial charge in [0.15, 0.2) is 0 Å². The first-order chi connectivity index (χ1) is 17.0. The second-order valence-electron chi connectivity index (χ2n) is 8.50. The molecule has 0 radical (unpaired) electrons. The molecule has 7 nitrogen and oxygen atoms in total. The van der Waals surface area contributed by atoms with Crippen LogP contribution in [0, 0.1) is 12.7 Å². The molecular formula is C27H24FN3O4. The lowest BCUT2D eigenvalue weighted by atomic mass is 9.94. The lowest BCUT2D eigenvalue weighted by molar-refractivity contribution is 0.0342. The fourth-order valence-electron chi connectivity index (χ4n) is 4.28. The maximum absolute atomic E-state index is 14.1. The van der Waals surface area contributed by atoms with Gasteiger partial charge in [0.05, 0.1) is 18.8 Å². The molecule has 0 unspecified atom stereocenters. The zero-order chi connectivity index (χ0) is 24.4. The third kappa shape index (κ3) is 4.84. The Hall–Kier alpha value is -3.88. The van der Waals surface area contributed by atoms with Crippen LogP contribution in [0.5, 0.6) is 0 Å². The van der Waals surface area contributed by atoms with E-state index in [0.29, 0.717) is 24.7 Å². The average molecular weight is 474 g/mol. The molecule has 1 aliphatic rings. The largest absolute Gasteiger partial charge is 0.478 e. The fraction of sp³-hybridized carbons (Fsp3) is 0.222.